The third kappa shape index (κ3) is 5.15. The van der Waals surface area contributed by atoms with Gasteiger partial charge in [-0.05, 0) is 30.5 Å². The van der Waals surface area contributed by atoms with E-state index < -0.39 is 18.8 Å². The molecule has 0 aliphatic carbocycles. The van der Waals surface area contributed by atoms with Crippen LogP contribution in [-0.4, -0.2) is 37.4 Å². The fourth-order valence-corrected chi connectivity index (χ4v) is 2.83. The summed E-state index contributed by atoms with van der Waals surface area (Å²) in [5, 5.41) is 0. The van der Waals surface area contributed by atoms with Gasteiger partial charge in [-0.3, -0.25) is 4.98 Å². The zero-order valence-corrected chi connectivity index (χ0v) is 16.2. The predicted molar refractivity (Wildman–Crippen MR) is 100 cm³/mol. The molecule has 0 bridgehead atoms. The van der Waals surface area contributed by atoms with Gasteiger partial charge in [0.1, 0.15) is 11.3 Å². The lowest BCUT2D eigenvalue weighted by atomic mass is 10.0. The maximum Gasteiger partial charge on any atom is 0.422 e. The molecule has 0 atom stereocenters. The lowest BCUT2D eigenvalue weighted by Gasteiger charge is -2.26. The Bertz CT molecular complexity index is 823. The molecule has 0 saturated carbocycles. The lowest BCUT2D eigenvalue weighted by molar-refractivity contribution is -0.153. The maximum atomic E-state index is 12.7. The number of methoxy groups -OCH3 is 1. The molecule has 1 aromatic heterocycles. The van der Waals surface area contributed by atoms with Crippen LogP contribution in [0.2, 0.25) is 0 Å². The van der Waals surface area contributed by atoms with Crippen LogP contribution in [0.4, 0.5) is 24.5 Å². The van der Waals surface area contributed by atoms with Crippen LogP contribution in [0.1, 0.15) is 42.6 Å². The second-order valence-electron chi connectivity index (χ2n) is 6.41. The summed E-state index contributed by atoms with van der Waals surface area (Å²) in [5.41, 5.74) is 2.08. The molecule has 0 aliphatic rings. The summed E-state index contributed by atoms with van der Waals surface area (Å²) in [6.07, 6.45) is -1.50. The molecule has 1 aromatic carbocycles. The number of halogens is 3. The molecule has 0 unspecified atom stereocenters. The third-order valence-corrected chi connectivity index (χ3v) is 4.13. The average molecular weight is 396 g/mol. The SMILES string of the molecule is CCN(c1ccc(C(C)C)c(OCC(F)(F)F)c1)c1ccncc1C(=O)OC. The van der Waals surface area contributed by atoms with Crippen LogP contribution in [0, 0.1) is 0 Å². The van der Waals surface area contributed by atoms with Crippen molar-refractivity contribution in [3.8, 4) is 5.75 Å². The van der Waals surface area contributed by atoms with Crippen LogP contribution >= 0.6 is 0 Å². The smallest absolute Gasteiger partial charge is 0.422 e. The molecule has 0 fully saturated rings. The normalized spacial score (nSPS) is 11.4. The largest absolute Gasteiger partial charge is 0.484 e. The van der Waals surface area contributed by atoms with Crippen LogP contribution in [0.3, 0.4) is 0 Å². The Labute approximate surface area is 162 Å². The number of anilines is 2. The van der Waals surface area contributed by atoms with Gasteiger partial charge in [-0.1, -0.05) is 19.9 Å². The number of hydrogen-bond acceptors (Lipinski definition) is 5. The number of ether oxygens (including phenoxy) is 2. The van der Waals surface area contributed by atoms with Crippen molar-refractivity contribution in [3.63, 3.8) is 0 Å². The standard InChI is InChI=1S/C20H23F3N2O3/c1-5-25(17-8-9-24-11-16(17)19(26)27-4)14-6-7-15(13(2)3)18(10-14)28-12-20(21,22)23/h6-11,13H,5,12H2,1-4H3. The van der Waals surface area contributed by atoms with Gasteiger partial charge >= 0.3 is 12.1 Å². The van der Waals surface area contributed by atoms with E-state index in [1.54, 1.807) is 29.2 Å². The Morgan fingerprint density at radius 2 is 1.96 bits per heavy atom. The van der Waals surface area contributed by atoms with Crippen molar-refractivity contribution in [2.75, 3.05) is 25.2 Å². The molecule has 1 heterocycles. The number of carbonyl (C=O) groups is 1. The van der Waals surface area contributed by atoms with E-state index >= 15 is 0 Å². The molecule has 0 spiro atoms. The van der Waals surface area contributed by atoms with Crippen LogP contribution in [0.5, 0.6) is 5.75 Å². The summed E-state index contributed by atoms with van der Waals surface area (Å²) in [5.74, 6) is -0.398. The van der Waals surface area contributed by atoms with E-state index in [9.17, 15) is 18.0 Å². The first-order valence-electron chi connectivity index (χ1n) is 8.81. The van der Waals surface area contributed by atoms with Crippen LogP contribution < -0.4 is 9.64 Å². The van der Waals surface area contributed by atoms with E-state index in [-0.39, 0.29) is 17.2 Å². The van der Waals surface area contributed by atoms with Crippen molar-refractivity contribution in [1.82, 2.24) is 4.98 Å². The topological polar surface area (TPSA) is 51.7 Å². The highest BCUT2D eigenvalue weighted by Crippen LogP contribution is 2.35. The first-order valence-corrected chi connectivity index (χ1v) is 8.81. The molecule has 2 rings (SSSR count). The zero-order valence-electron chi connectivity index (χ0n) is 16.2. The number of pyridine rings is 1. The van der Waals surface area contributed by atoms with Gasteiger partial charge in [0.25, 0.3) is 0 Å². The van der Waals surface area contributed by atoms with Crippen molar-refractivity contribution < 1.29 is 27.4 Å². The molecule has 0 radical (unpaired) electrons. The molecular weight excluding hydrogens is 373 g/mol. The molecule has 2 aromatic rings. The van der Waals surface area contributed by atoms with E-state index in [1.807, 2.05) is 20.8 Å². The van der Waals surface area contributed by atoms with Gasteiger partial charge in [-0.25, -0.2) is 4.79 Å². The maximum absolute atomic E-state index is 12.7. The monoisotopic (exact) mass is 396 g/mol. The van der Waals surface area contributed by atoms with Crippen LogP contribution in [0.15, 0.2) is 36.7 Å². The molecule has 152 valence electrons. The highest BCUT2D eigenvalue weighted by Gasteiger charge is 2.29. The van der Waals surface area contributed by atoms with E-state index in [2.05, 4.69) is 4.98 Å². The zero-order chi connectivity index (χ0) is 20.9. The molecule has 0 saturated heterocycles. The fraction of sp³-hybridized carbons (Fsp3) is 0.400. The lowest BCUT2D eigenvalue weighted by Crippen LogP contribution is -2.21. The van der Waals surface area contributed by atoms with Crippen molar-refractivity contribution >= 4 is 17.3 Å². The van der Waals surface area contributed by atoms with E-state index in [4.69, 9.17) is 9.47 Å². The highest BCUT2D eigenvalue weighted by molar-refractivity contribution is 5.96. The Balaban J connectivity index is 2.49. The third-order valence-electron chi connectivity index (χ3n) is 4.13. The highest BCUT2D eigenvalue weighted by atomic mass is 19.4. The van der Waals surface area contributed by atoms with E-state index in [1.165, 1.54) is 19.5 Å². The number of aromatic nitrogens is 1. The summed E-state index contributed by atoms with van der Waals surface area (Å²) in [6, 6.07) is 6.75. The van der Waals surface area contributed by atoms with Crippen molar-refractivity contribution in [3.05, 3.63) is 47.8 Å². The van der Waals surface area contributed by atoms with Crippen molar-refractivity contribution in [2.45, 2.75) is 32.9 Å². The van der Waals surface area contributed by atoms with Crippen LogP contribution in [0.25, 0.3) is 0 Å². The summed E-state index contributed by atoms with van der Waals surface area (Å²) < 4.78 is 47.8. The summed E-state index contributed by atoms with van der Waals surface area (Å²) in [4.78, 5) is 17.8. The summed E-state index contributed by atoms with van der Waals surface area (Å²) in [7, 11) is 1.27. The second kappa shape index (κ2) is 8.95. The van der Waals surface area contributed by atoms with Crippen molar-refractivity contribution in [1.29, 1.82) is 0 Å². The van der Waals surface area contributed by atoms with Gasteiger partial charge in [-0.15, -0.1) is 0 Å². The summed E-state index contributed by atoms with van der Waals surface area (Å²) >= 11 is 0. The number of nitrogens with zero attached hydrogens (tertiary/aromatic N) is 2. The average Bonchev–Trinajstić information content (AvgIpc) is 2.66. The van der Waals surface area contributed by atoms with Gasteiger partial charge in [0, 0.05) is 30.7 Å². The number of alkyl halides is 3. The predicted octanol–water partition coefficient (Wildman–Crippen LogP) is 5.09. The quantitative estimate of drug-likeness (QED) is 0.610. The van der Waals surface area contributed by atoms with Crippen LogP contribution in [-0.2, 0) is 4.74 Å². The molecule has 5 nitrogen and oxygen atoms in total. The molecule has 0 N–H and O–H groups in total. The van der Waals surface area contributed by atoms with Gasteiger partial charge in [0.2, 0.25) is 0 Å². The molecule has 8 heteroatoms. The molecular formula is C20H23F3N2O3. The minimum absolute atomic E-state index is 0.0149. The number of hydrogen-bond donors (Lipinski definition) is 0. The number of rotatable bonds is 7. The van der Waals surface area contributed by atoms with Gasteiger partial charge in [-0.2, -0.15) is 13.2 Å². The molecule has 28 heavy (non-hydrogen) atoms. The minimum Gasteiger partial charge on any atom is -0.484 e. The number of benzene rings is 1. The summed E-state index contributed by atoms with van der Waals surface area (Å²) in [6.45, 7) is 4.73. The van der Waals surface area contributed by atoms with Gasteiger partial charge < -0.3 is 14.4 Å². The Morgan fingerprint density at radius 3 is 2.54 bits per heavy atom. The number of carbonyl (C=O) groups excluding carboxylic acids is 1. The second-order valence-corrected chi connectivity index (χ2v) is 6.41. The first kappa shape index (κ1) is 21.5. The Kier molecular flexibility index (Phi) is 6.88. The fourth-order valence-electron chi connectivity index (χ4n) is 2.83. The Morgan fingerprint density at radius 1 is 1.25 bits per heavy atom. The van der Waals surface area contributed by atoms with Gasteiger partial charge in [0.15, 0.2) is 6.61 Å². The Hall–Kier alpha value is -2.77. The van der Waals surface area contributed by atoms with Crippen molar-refractivity contribution in [2.24, 2.45) is 0 Å². The molecule has 0 amide bonds. The van der Waals surface area contributed by atoms with Gasteiger partial charge in [0.05, 0.1) is 12.8 Å². The van der Waals surface area contributed by atoms with E-state index in [0.717, 1.165) is 0 Å². The van der Waals surface area contributed by atoms with E-state index in [0.29, 0.717) is 23.5 Å². The first-order chi connectivity index (χ1) is 13.2. The minimum atomic E-state index is -4.43. The number of esters is 1. The molecule has 0 aliphatic heterocycles.